The van der Waals surface area contributed by atoms with Crippen LogP contribution in [0.15, 0.2) is 58.7 Å². The second-order valence-electron chi connectivity index (χ2n) is 8.04. The molecule has 0 aromatic heterocycles. The molecule has 0 N–H and O–H groups in total. The Morgan fingerprint density at radius 2 is 1.54 bits per heavy atom. The van der Waals surface area contributed by atoms with E-state index in [0.29, 0.717) is 11.3 Å². The van der Waals surface area contributed by atoms with Crippen LogP contribution in [-0.2, 0) is 4.79 Å². The van der Waals surface area contributed by atoms with Crippen molar-refractivity contribution in [2.24, 2.45) is 11.3 Å². The Morgan fingerprint density at radius 3 is 1.75 bits per heavy atom. The minimum atomic E-state index is 0.167. The Bertz CT molecular complexity index is 562. The minimum Gasteiger partial charge on any atom is -0.300 e. The number of hydrogen-bond acceptors (Lipinski definition) is 1. The highest BCUT2D eigenvalue weighted by Gasteiger charge is 2.15. The third kappa shape index (κ3) is 9.50. The van der Waals surface area contributed by atoms with Crippen molar-refractivity contribution in [1.29, 1.82) is 0 Å². The smallest absolute Gasteiger partial charge is 0.126 e. The summed E-state index contributed by atoms with van der Waals surface area (Å²) in [6, 6.07) is 0. The lowest BCUT2D eigenvalue weighted by Gasteiger charge is -2.18. The monoisotopic (exact) mass is 328 g/mol. The number of carbonyl (C=O) groups excluding carboxylic acids is 1. The topological polar surface area (TPSA) is 17.1 Å². The van der Waals surface area contributed by atoms with Gasteiger partial charge >= 0.3 is 0 Å². The third-order valence-electron chi connectivity index (χ3n) is 3.66. The van der Waals surface area contributed by atoms with Gasteiger partial charge in [0.1, 0.15) is 5.78 Å². The van der Waals surface area contributed by atoms with E-state index in [1.54, 1.807) is 0 Å². The van der Waals surface area contributed by atoms with Crippen molar-refractivity contribution >= 4 is 5.78 Å². The van der Waals surface area contributed by atoms with E-state index in [1.165, 1.54) is 36.1 Å². The second-order valence-corrected chi connectivity index (χ2v) is 8.04. The highest BCUT2D eigenvalue weighted by molar-refractivity contribution is 5.72. The molecule has 2 rings (SSSR count). The fraction of sp³-hybridized carbons (Fsp3) is 0.522. The van der Waals surface area contributed by atoms with Gasteiger partial charge in [-0.05, 0) is 62.2 Å². The lowest BCUT2D eigenvalue weighted by atomic mass is 9.87. The molecule has 0 aromatic rings. The summed E-state index contributed by atoms with van der Waals surface area (Å²) in [5, 5.41) is 0. The van der Waals surface area contributed by atoms with Crippen LogP contribution in [0.2, 0.25) is 0 Å². The lowest BCUT2D eigenvalue weighted by Crippen LogP contribution is -2.05. The summed E-state index contributed by atoms with van der Waals surface area (Å²) in [5.74, 6) is 0.822. The number of carbonyl (C=O) groups is 1. The largest absolute Gasteiger partial charge is 0.300 e. The normalized spacial score (nSPS) is 15.3. The van der Waals surface area contributed by atoms with Crippen molar-refractivity contribution in [2.75, 3.05) is 0 Å². The zero-order chi connectivity index (χ0) is 18.9. The van der Waals surface area contributed by atoms with Crippen LogP contribution in [0, 0.1) is 11.3 Å². The molecular formula is C23H36O. The summed E-state index contributed by atoms with van der Waals surface area (Å²) in [7, 11) is 0. The van der Waals surface area contributed by atoms with Gasteiger partial charge in [-0.25, -0.2) is 0 Å². The molecule has 0 aromatic carbocycles. The van der Waals surface area contributed by atoms with Crippen molar-refractivity contribution in [3.63, 3.8) is 0 Å². The first-order chi connectivity index (χ1) is 10.9. The van der Waals surface area contributed by atoms with E-state index in [-0.39, 0.29) is 5.78 Å². The van der Waals surface area contributed by atoms with E-state index in [0.717, 1.165) is 6.42 Å². The average Bonchev–Trinajstić information content (AvgIpc) is 3.10. The number of Topliss-reactive ketones (excluding diaryl/α,β-unsaturated/α-hetero) is 1. The van der Waals surface area contributed by atoms with E-state index in [9.17, 15) is 4.79 Å². The van der Waals surface area contributed by atoms with Crippen molar-refractivity contribution < 1.29 is 4.79 Å². The average molecular weight is 329 g/mol. The Hall–Kier alpha value is -1.63. The Kier molecular flexibility index (Phi) is 9.58. The van der Waals surface area contributed by atoms with Crippen molar-refractivity contribution in [2.45, 2.75) is 68.7 Å². The van der Waals surface area contributed by atoms with Crippen LogP contribution in [0.1, 0.15) is 68.7 Å². The zero-order valence-corrected chi connectivity index (χ0v) is 17.2. The standard InChI is InChI=1S/C11H16.C9H14.C3H6O/c1-8(2)10-5-6-11(7-10)9(3)4;1-9(2,3)8-6-4-5-7-8;1-3(2)4/h5-8H,1-4H3;4,6-7H,5H2,1-3H3;1-2H3. The Balaban J connectivity index is 0.000000367. The van der Waals surface area contributed by atoms with Gasteiger partial charge in [0.05, 0.1) is 0 Å². The summed E-state index contributed by atoms with van der Waals surface area (Å²) < 4.78 is 0. The summed E-state index contributed by atoms with van der Waals surface area (Å²) in [6.45, 7) is 18.5. The van der Waals surface area contributed by atoms with E-state index >= 15 is 0 Å². The minimum absolute atomic E-state index is 0.167. The van der Waals surface area contributed by atoms with E-state index in [1.807, 2.05) is 0 Å². The first-order valence-electron chi connectivity index (χ1n) is 8.86. The van der Waals surface area contributed by atoms with Crippen LogP contribution in [0.4, 0.5) is 0 Å². The molecule has 24 heavy (non-hydrogen) atoms. The van der Waals surface area contributed by atoms with Gasteiger partial charge in [0.2, 0.25) is 0 Å². The van der Waals surface area contributed by atoms with Gasteiger partial charge < -0.3 is 4.79 Å². The molecule has 1 nitrogen and oxygen atoms in total. The highest BCUT2D eigenvalue weighted by Crippen LogP contribution is 2.29. The fourth-order valence-electron chi connectivity index (χ4n) is 2.15. The van der Waals surface area contributed by atoms with Crippen LogP contribution < -0.4 is 0 Å². The number of rotatable bonds is 1. The SMILES string of the molecule is CC(C)(C)C1=CCC=C1.CC(C)=C1C=CC(C(C)C)=C1.CC(C)=O. The van der Waals surface area contributed by atoms with E-state index in [4.69, 9.17) is 0 Å². The van der Waals surface area contributed by atoms with E-state index in [2.05, 4.69) is 84.9 Å². The highest BCUT2D eigenvalue weighted by atomic mass is 16.1. The predicted octanol–water partition coefficient (Wildman–Crippen LogP) is 6.99. The van der Waals surface area contributed by atoms with Crippen LogP contribution in [-0.4, -0.2) is 5.78 Å². The number of allylic oxidation sites excluding steroid dienone is 10. The molecule has 0 spiro atoms. The van der Waals surface area contributed by atoms with Gasteiger partial charge in [-0.15, -0.1) is 0 Å². The molecule has 0 heterocycles. The Labute approximate surface area is 149 Å². The summed E-state index contributed by atoms with van der Waals surface area (Å²) >= 11 is 0. The van der Waals surface area contributed by atoms with Crippen LogP contribution in [0.5, 0.6) is 0 Å². The van der Waals surface area contributed by atoms with Crippen LogP contribution in [0.3, 0.4) is 0 Å². The van der Waals surface area contributed by atoms with Crippen molar-refractivity contribution in [1.82, 2.24) is 0 Å². The molecule has 0 atom stereocenters. The van der Waals surface area contributed by atoms with Gasteiger partial charge in [-0.1, -0.05) is 76.6 Å². The van der Waals surface area contributed by atoms with Gasteiger partial charge in [0.25, 0.3) is 0 Å². The molecule has 0 saturated heterocycles. The van der Waals surface area contributed by atoms with Crippen LogP contribution >= 0.6 is 0 Å². The number of ketones is 1. The number of hydrogen-bond donors (Lipinski definition) is 0. The molecule has 2 aliphatic carbocycles. The van der Waals surface area contributed by atoms with Crippen LogP contribution in [0.25, 0.3) is 0 Å². The van der Waals surface area contributed by atoms with Crippen molar-refractivity contribution in [3.8, 4) is 0 Å². The maximum Gasteiger partial charge on any atom is 0.126 e. The quantitative estimate of drug-likeness (QED) is 0.507. The Morgan fingerprint density at radius 1 is 1.00 bits per heavy atom. The predicted molar refractivity (Wildman–Crippen MR) is 108 cm³/mol. The lowest BCUT2D eigenvalue weighted by molar-refractivity contribution is -0.114. The first-order valence-corrected chi connectivity index (χ1v) is 8.86. The summed E-state index contributed by atoms with van der Waals surface area (Å²) in [6.07, 6.45) is 14.5. The van der Waals surface area contributed by atoms with E-state index < -0.39 is 0 Å². The maximum atomic E-state index is 9.44. The molecule has 0 amide bonds. The zero-order valence-electron chi connectivity index (χ0n) is 17.2. The molecule has 0 aliphatic heterocycles. The molecule has 0 fully saturated rings. The first kappa shape index (κ1) is 22.4. The summed E-state index contributed by atoms with van der Waals surface area (Å²) in [5.41, 5.74) is 6.06. The molecule has 1 heteroatoms. The van der Waals surface area contributed by atoms with Gasteiger partial charge in [0, 0.05) is 0 Å². The molecule has 0 saturated carbocycles. The van der Waals surface area contributed by atoms with Crippen molar-refractivity contribution in [3.05, 3.63) is 58.7 Å². The fourth-order valence-corrected chi connectivity index (χ4v) is 2.15. The van der Waals surface area contributed by atoms with Gasteiger partial charge in [-0.3, -0.25) is 0 Å². The second kappa shape index (κ2) is 10.3. The molecule has 0 bridgehead atoms. The molecule has 0 unspecified atom stereocenters. The molecule has 2 aliphatic rings. The van der Waals surface area contributed by atoms with Gasteiger partial charge in [-0.2, -0.15) is 0 Å². The molecular weight excluding hydrogens is 292 g/mol. The van der Waals surface area contributed by atoms with Gasteiger partial charge in [0.15, 0.2) is 0 Å². The molecule has 134 valence electrons. The third-order valence-corrected chi connectivity index (χ3v) is 3.66. The maximum absolute atomic E-state index is 9.44. The summed E-state index contributed by atoms with van der Waals surface area (Å²) in [4.78, 5) is 9.44. The molecule has 0 radical (unpaired) electrons.